The Hall–Kier alpha value is -2.32. The molecule has 4 heterocycles. The fraction of sp³-hybridized carbons (Fsp3) is 0.636. The molecule has 2 aromatic heterocycles. The van der Waals surface area contributed by atoms with Crippen LogP contribution >= 0.6 is 0 Å². The van der Waals surface area contributed by atoms with Crippen LogP contribution in [0, 0.1) is 5.41 Å². The highest BCUT2D eigenvalue weighted by Gasteiger charge is 2.61. The van der Waals surface area contributed by atoms with Gasteiger partial charge in [0.15, 0.2) is 0 Å². The zero-order chi connectivity index (χ0) is 20.4. The average Bonchev–Trinajstić information content (AvgIpc) is 3.29. The summed E-state index contributed by atoms with van der Waals surface area (Å²) in [6, 6.07) is 0. The third-order valence-corrected chi connectivity index (χ3v) is 6.72. The predicted molar refractivity (Wildman–Crippen MR) is 113 cm³/mol. The Bertz CT molecular complexity index is 885. The molecule has 3 fully saturated rings. The molecule has 2 aromatic rings. The van der Waals surface area contributed by atoms with Gasteiger partial charge < -0.3 is 20.5 Å². The summed E-state index contributed by atoms with van der Waals surface area (Å²) in [7, 11) is 0. The lowest BCUT2D eigenvalue weighted by atomic mass is 9.63. The van der Waals surface area contributed by atoms with E-state index in [0.29, 0.717) is 19.1 Å². The Kier molecular flexibility index (Phi) is 5.28. The van der Waals surface area contributed by atoms with Gasteiger partial charge in [-0.3, -0.25) is 9.97 Å². The van der Waals surface area contributed by atoms with E-state index in [4.69, 9.17) is 14.7 Å². The van der Waals surface area contributed by atoms with Gasteiger partial charge in [-0.1, -0.05) is 12.8 Å². The van der Waals surface area contributed by atoms with Crippen molar-refractivity contribution in [1.82, 2.24) is 19.9 Å². The minimum absolute atomic E-state index is 0.00832. The van der Waals surface area contributed by atoms with Gasteiger partial charge in [0.2, 0.25) is 5.95 Å². The van der Waals surface area contributed by atoms with Crippen LogP contribution in [0.5, 0.6) is 0 Å². The number of hydrogen-bond donors (Lipinski definition) is 3. The van der Waals surface area contributed by atoms with Crippen molar-refractivity contribution in [3.8, 4) is 0 Å². The van der Waals surface area contributed by atoms with Gasteiger partial charge in [0.25, 0.3) is 0 Å². The molecule has 2 bridgehead atoms. The maximum atomic E-state index is 9.63. The van der Waals surface area contributed by atoms with Crippen LogP contribution in [-0.4, -0.2) is 50.4 Å². The van der Waals surface area contributed by atoms with Crippen molar-refractivity contribution >= 4 is 11.8 Å². The normalized spacial score (nSPS) is 27.5. The summed E-state index contributed by atoms with van der Waals surface area (Å²) in [4.78, 5) is 18.1. The van der Waals surface area contributed by atoms with Gasteiger partial charge in [-0.05, 0) is 38.5 Å². The van der Waals surface area contributed by atoms with Crippen LogP contribution in [0.2, 0.25) is 0 Å². The Labute approximate surface area is 176 Å². The van der Waals surface area contributed by atoms with Crippen molar-refractivity contribution in [1.29, 1.82) is 0 Å². The number of aliphatic hydroxyl groups excluding tert-OH is 1. The van der Waals surface area contributed by atoms with Crippen LogP contribution < -0.4 is 10.6 Å². The molecule has 0 unspecified atom stereocenters. The minimum Gasteiger partial charge on any atom is -0.396 e. The summed E-state index contributed by atoms with van der Waals surface area (Å²) in [5.74, 6) is 1.56. The molecule has 2 aliphatic carbocycles. The van der Waals surface area contributed by atoms with Gasteiger partial charge in [0.1, 0.15) is 5.82 Å². The number of aromatic nitrogens is 4. The van der Waals surface area contributed by atoms with Crippen molar-refractivity contribution in [3.05, 3.63) is 35.5 Å². The van der Waals surface area contributed by atoms with Crippen LogP contribution in [0.1, 0.15) is 55.5 Å². The van der Waals surface area contributed by atoms with Crippen LogP contribution in [-0.2, 0) is 24.1 Å². The van der Waals surface area contributed by atoms with Crippen molar-refractivity contribution in [2.75, 3.05) is 30.4 Å². The number of rotatable bonds is 7. The molecule has 1 saturated carbocycles. The van der Waals surface area contributed by atoms with Crippen molar-refractivity contribution in [3.63, 3.8) is 0 Å². The molecule has 0 radical (unpaired) electrons. The highest BCUT2D eigenvalue weighted by atomic mass is 16.5. The van der Waals surface area contributed by atoms with Crippen molar-refractivity contribution in [2.45, 2.75) is 63.5 Å². The van der Waals surface area contributed by atoms with Gasteiger partial charge in [-0.25, -0.2) is 4.98 Å². The number of aliphatic hydroxyl groups is 1. The van der Waals surface area contributed by atoms with E-state index in [1.807, 2.05) is 0 Å². The van der Waals surface area contributed by atoms with E-state index in [1.54, 1.807) is 18.6 Å². The molecule has 0 atom stereocenters. The lowest BCUT2D eigenvalue weighted by molar-refractivity contribution is -0.0168. The van der Waals surface area contributed by atoms with Gasteiger partial charge >= 0.3 is 0 Å². The molecule has 0 spiro atoms. The van der Waals surface area contributed by atoms with Crippen molar-refractivity contribution < 1.29 is 9.84 Å². The Morgan fingerprint density at radius 1 is 1.03 bits per heavy atom. The SMILES string of the molecule is OCC12COC(CNc3nc(NCc4cnccn4)nc4c3CCCCCC4)(C1)C2. The fourth-order valence-electron chi connectivity index (χ4n) is 5.17. The molecule has 30 heavy (non-hydrogen) atoms. The summed E-state index contributed by atoms with van der Waals surface area (Å²) >= 11 is 0. The number of aryl methyl sites for hydroxylation is 1. The highest BCUT2D eigenvalue weighted by molar-refractivity contribution is 5.51. The third kappa shape index (κ3) is 3.86. The third-order valence-electron chi connectivity index (χ3n) is 6.72. The number of anilines is 2. The summed E-state index contributed by atoms with van der Waals surface area (Å²) in [5, 5.41) is 16.5. The van der Waals surface area contributed by atoms with E-state index < -0.39 is 0 Å². The maximum absolute atomic E-state index is 9.63. The summed E-state index contributed by atoms with van der Waals surface area (Å²) in [5.41, 5.74) is 3.09. The lowest BCUT2D eigenvalue weighted by Gasteiger charge is -2.43. The summed E-state index contributed by atoms with van der Waals surface area (Å²) in [6.45, 7) is 2.14. The first kappa shape index (κ1) is 19.6. The zero-order valence-electron chi connectivity index (χ0n) is 17.4. The molecule has 3 N–H and O–H groups in total. The first-order chi connectivity index (χ1) is 14.7. The lowest BCUT2D eigenvalue weighted by Crippen LogP contribution is -2.50. The van der Waals surface area contributed by atoms with E-state index >= 15 is 0 Å². The Morgan fingerprint density at radius 3 is 2.67 bits per heavy atom. The first-order valence-corrected chi connectivity index (χ1v) is 11.1. The molecule has 2 saturated heterocycles. The second-order valence-corrected chi connectivity index (χ2v) is 9.12. The van der Waals surface area contributed by atoms with Crippen LogP contribution in [0.25, 0.3) is 0 Å². The largest absolute Gasteiger partial charge is 0.396 e. The van der Waals surface area contributed by atoms with Gasteiger partial charge in [-0.15, -0.1) is 0 Å². The number of fused-ring (bicyclic) bond motifs is 2. The van der Waals surface area contributed by atoms with Gasteiger partial charge in [-0.2, -0.15) is 4.98 Å². The Morgan fingerprint density at radius 2 is 1.90 bits per heavy atom. The fourth-order valence-corrected chi connectivity index (χ4v) is 5.17. The van der Waals surface area contributed by atoms with Crippen LogP contribution in [0.15, 0.2) is 18.6 Å². The zero-order valence-corrected chi connectivity index (χ0v) is 17.4. The second-order valence-electron chi connectivity index (χ2n) is 9.12. The van der Waals surface area contributed by atoms with E-state index in [9.17, 15) is 5.11 Å². The quantitative estimate of drug-likeness (QED) is 0.639. The molecule has 160 valence electrons. The first-order valence-electron chi connectivity index (χ1n) is 11.1. The summed E-state index contributed by atoms with van der Waals surface area (Å²) in [6.07, 6.45) is 13.8. The highest BCUT2D eigenvalue weighted by Crippen LogP contribution is 2.57. The van der Waals surface area contributed by atoms with Crippen LogP contribution in [0.4, 0.5) is 11.8 Å². The van der Waals surface area contributed by atoms with Gasteiger partial charge in [0.05, 0.1) is 42.9 Å². The van der Waals surface area contributed by atoms with Crippen LogP contribution in [0.3, 0.4) is 0 Å². The molecule has 8 heteroatoms. The monoisotopic (exact) mass is 410 g/mol. The molecule has 0 amide bonds. The number of nitrogens with one attached hydrogen (secondary N) is 2. The second kappa shape index (κ2) is 8.07. The maximum Gasteiger partial charge on any atom is 0.225 e. The predicted octanol–water partition coefficient (Wildman–Crippen LogP) is 2.49. The van der Waals surface area contributed by atoms with Gasteiger partial charge in [0, 0.05) is 29.9 Å². The van der Waals surface area contributed by atoms with E-state index in [2.05, 4.69) is 20.6 Å². The summed E-state index contributed by atoms with van der Waals surface area (Å²) < 4.78 is 6.06. The van der Waals surface area contributed by atoms with E-state index in [1.165, 1.54) is 31.2 Å². The smallest absolute Gasteiger partial charge is 0.225 e. The molecular weight excluding hydrogens is 380 g/mol. The molecule has 8 nitrogen and oxygen atoms in total. The number of nitrogens with zero attached hydrogens (tertiary/aromatic N) is 4. The Balaban J connectivity index is 1.34. The minimum atomic E-state index is -0.157. The van der Waals surface area contributed by atoms with E-state index in [-0.39, 0.29) is 17.6 Å². The standard InChI is InChI=1S/C22H30N6O2/c29-14-21-11-22(12-21,30-15-21)13-26-19-17-5-3-1-2-4-6-18(17)27-20(28-19)25-10-16-9-23-7-8-24-16/h7-9,29H,1-6,10-15H2,(H2,25,26,27,28). The number of hydrogen-bond acceptors (Lipinski definition) is 8. The number of ether oxygens (including phenoxy) is 1. The topological polar surface area (TPSA) is 105 Å². The molecule has 0 aromatic carbocycles. The average molecular weight is 411 g/mol. The molecular formula is C22H30N6O2. The van der Waals surface area contributed by atoms with E-state index in [0.717, 1.165) is 49.4 Å². The molecule has 2 aliphatic heterocycles. The molecule has 4 aliphatic rings. The molecule has 6 rings (SSSR count). The van der Waals surface area contributed by atoms with Crippen molar-refractivity contribution in [2.24, 2.45) is 5.41 Å².